The Balaban J connectivity index is 0.00000200. The van der Waals surface area contributed by atoms with Gasteiger partial charge in [-0.15, -0.1) is 12.4 Å². The van der Waals surface area contributed by atoms with Gasteiger partial charge in [-0.25, -0.2) is 0 Å². The van der Waals surface area contributed by atoms with Gasteiger partial charge in [0.15, 0.2) is 0 Å². The van der Waals surface area contributed by atoms with Gasteiger partial charge in [0.2, 0.25) is 0 Å². The molecule has 2 heterocycles. The minimum atomic E-state index is -0.0411. The molecular formula is C14H25ClN4O. The Bertz CT molecular complexity index is 470. The summed E-state index contributed by atoms with van der Waals surface area (Å²) in [5.41, 5.74) is 7.45. The van der Waals surface area contributed by atoms with Gasteiger partial charge < -0.3 is 10.6 Å². The van der Waals surface area contributed by atoms with Crippen molar-refractivity contribution in [2.24, 2.45) is 12.8 Å². The molecule has 6 heteroatoms. The zero-order valence-corrected chi connectivity index (χ0v) is 13.5. The second-order valence-electron chi connectivity index (χ2n) is 6.42. The number of likely N-dealkylation sites (tertiary alicyclic amines) is 1. The summed E-state index contributed by atoms with van der Waals surface area (Å²) >= 11 is 0. The van der Waals surface area contributed by atoms with Crippen LogP contribution in [-0.4, -0.2) is 39.7 Å². The lowest BCUT2D eigenvalue weighted by Gasteiger charge is -2.30. The molecule has 2 rings (SSSR count). The second kappa shape index (κ2) is 6.14. The van der Waals surface area contributed by atoms with Gasteiger partial charge >= 0.3 is 0 Å². The van der Waals surface area contributed by atoms with E-state index in [9.17, 15) is 4.79 Å². The van der Waals surface area contributed by atoms with Crippen LogP contribution in [-0.2, 0) is 12.5 Å². The number of carbonyl (C=O) groups excluding carboxylic acids is 1. The largest absolute Gasteiger partial charge is 0.337 e. The topological polar surface area (TPSA) is 64.2 Å². The van der Waals surface area contributed by atoms with E-state index in [0.29, 0.717) is 5.69 Å². The summed E-state index contributed by atoms with van der Waals surface area (Å²) in [5.74, 6) is 0.0670. The predicted molar refractivity (Wildman–Crippen MR) is 82.3 cm³/mol. The third-order valence-electron chi connectivity index (χ3n) is 3.69. The molecule has 0 spiro atoms. The third-order valence-corrected chi connectivity index (χ3v) is 3.69. The van der Waals surface area contributed by atoms with Crippen LogP contribution in [0.15, 0.2) is 6.07 Å². The van der Waals surface area contributed by atoms with Crippen molar-refractivity contribution in [3.05, 3.63) is 17.5 Å². The molecule has 1 amide bonds. The first-order valence-electron chi connectivity index (χ1n) is 6.88. The van der Waals surface area contributed by atoms with Gasteiger partial charge in [0, 0.05) is 31.6 Å². The highest BCUT2D eigenvalue weighted by Crippen LogP contribution is 2.22. The van der Waals surface area contributed by atoms with Crippen molar-refractivity contribution in [3.63, 3.8) is 0 Å². The summed E-state index contributed by atoms with van der Waals surface area (Å²) in [4.78, 5) is 14.4. The number of hydrogen-bond acceptors (Lipinski definition) is 3. The van der Waals surface area contributed by atoms with Gasteiger partial charge in [-0.1, -0.05) is 20.8 Å². The molecule has 2 N–H and O–H groups in total. The number of halogens is 1. The Hall–Kier alpha value is -1.07. The highest BCUT2D eigenvalue weighted by atomic mass is 35.5. The fraction of sp³-hybridized carbons (Fsp3) is 0.714. The van der Waals surface area contributed by atoms with Crippen molar-refractivity contribution >= 4 is 18.3 Å². The average molecular weight is 301 g/mol. The van der Waals surface area contributed by atoms with Gasteiger partial charge in [-0.2, -0.15) is 5.10 Å². The molecule has 5 nitrogen and oxygen atoms in total. The van der Waals surface area contributed by atoms with E-state index < -0.39 is 0 Å². The van der Waals surface area contributed by atoms with Crippen molar-refractivity contribution in [1.82, 2.24) is 14.7 Å². The van der Waals surface area contributed by atoms with Crippen molar-refractivity contribution in [3.8, 4) is 0 Å². The number of amides is 1. The fourth-order valence-electron chi connectivity index (χ4n) is 2.30. The van der Waals surface area contributed by atoms with Crippen LogP contribution in [0.3, 0.4) is 0 Å². The Morgan fingerprint density at radius 1 is 1.35 bits per heavy atom. The normalized spacial score (nSPS) is 16.9. The van der Waals surface area contributed by atoms with Crippen LogP contribution in [0, 0.1) is 0 Å². The summed E-state index contributed by atoms with van der Waals surface area (Å²) in [6.07, 6.45) is 1.77. The van der Waals surface area contributed by atoms with Crippen LogP contribution in [0.2, 0.25) is 0 Å². The van der Waals surface area contributed by atoms with E-state index in [0.717, 1.165) is 31.6 Å². The van der Waals surface area contributed by atoms with E-state index in [1.54, 1.807) is 4.68 Å². The number of piperidine rings is 1. The Labute approximate surface area is 126 Å². The molecule has 114 valence electrons. The number of carbonyl (C=O) groups is 1. The summed E-state index contributed by atoms with van der Waals surface area (Å²) in [5, 5.41) is 4.46. The first-order chi connectivity index (χ1) is 8.79. The summed E-state index contributed by atoms with van der Waals surface area (Å²) in [6, 6.07) is 2.15. The highest BCUT2D eigenvalue weighted by molar-refractivity contribution is 5.92. The molecule has 0 bridgehead atoms. The number of aromatic nitrogens is 2. The van der Waals surface area contributed by atoms with E-state index in [-0.39, 0.29) is 29.8 Å². The maximum absolute atomic E-state index is 12.5. The molecule has 0 aromatic carbocycles. The van der Waals surface area contributed by atoms with E-state index in [2.05, 4.69) is 25.9 Å². The van der Waals surface area contributed by atoms with E-state index in [4.69, 9.17) is 5.73 Å². The van der Waals surface area contributed by atoms with Crippen molar-refractivity contribution in [1.29, 1.82) is 0 Å². The Kier molecular flexibility index (Phi) is 5.21. The Morgan fingerprint density at radius 2 is 1.90 bits per heavy atom. The molecule has 1 saturated heterocycles. The fourth-order valence-corrected chi connectivity index (χ4v) is 2.30. The second-order valence-corrected chi connectivity index (χ2v) is 6.42. The van der Waals surface area contributed by atoms with Gasteiger partial charge in [0.1, 0.15) is 5.69 Å². The molecule has 1 aliphatic heterocycles. The predicted octanol–water partition coefficient (Wildman–Crippen LogP) is 1.70. The number of rotatable bonds is 1. The average Bonchev–Trinajstić information content (AvgIpc) is 2.71. The van der Waals surface area contributed by atoms with Gasteiger partial charge in [0.05, 0.1) is 5.69 Å². The molecule has 0 atom stereocenters. The van der Waals surface area contributed by atoms with E-state index in [1.807, 2.05) is 18.0 Å². The van der Waals surface area contributed by atoms with Gasteiger partial charge in [-0.05, 0) is 18.9 Å². The number of nitrogens with zero attached hydrogens (tertiary/aromatic N) is 3. The van der Waals surface area contributed by atoms with Crippen LogP contribution < -0.4 is 5.73 Å². The lowest BCUT2D eigenvalue weighted by molar-refractivity contribution is 0.0703. The van der Waals surface area contributed by atoms with Crippen LogP contribution >= 0.6 is 12.4 Å². The first-order valence-corrected chi connectivity index (χ1v) is 6.88. The molecule has 20 heavy (non-hydrogen) atoms. The molecule has 1 aromatic heterocycles. The number of aryl methyl sites for hydroxylation is 1. The third kappa shape index (κ3) is 3.52. The van der Waals surface area contributed by atoms with Gasteiger partial charge in [0.25, 0.3) is 5.91 Å². The molecule has 1 aromatic rings. The molecule has 0 aliphatic carbocycles. The maximum Gasteiger partial charge on any atom is 0.272 e. The molecular weight excluding hydrogens is 276 g/mol. The zero-order chi connectivity index (χ0) is 14.2. The lowest BCUT2D eigenvalue weighted by atomic mass is 9.92. The molecule has 1 aliphatic rings. The lowest BCUT2D eigenvalue weighted by Crippen LogP contribution is -2.43. The SMILES string of the molecule is Cl.Cn1nc(C(C)(C)C)cc1C(=O)N1CCC(N)CC1. The number of nitrogens with two attached hydrogens (primary N) is 1. The summed E-state index contributed by atoms with van der Waals surface area (Å²) in [7, 11) is 1.83. The quantitative estimate of drug-likeness (QED) is 0.858. The monoisotopic (exact) mass is 300 g/mol. The van der Waals surface area contributed by atoms with Gasteiger partial charge in [-0.3, -0.25) is 9.48 Å². The van der Waals surface area contributed by atoms with E-state index in [1.165, 1.54) is 0 Å². The Morgan fingerprint density at radius 3 is 2.35 bits per heavy atom. The molecule has 0 radical (unpaired) electrons. The molecule has 0 unspecified atom stereocenters. The highest BCUT2D eigenvalue weighted by Gasteiger charge is 2.26. The first kappa shape index (κ1) is 17.0. The summed E-state index contributed by atoms with van der Waals surface area (Å²) < 4.78 is 1.69. The maximum atomic E-state index is 12.5. The minimum Gasteiger partial charge on any atom is -0.337 e. The molecule has 0 saturated carbocycles. The van der Waals surface area contributed by atoms with Crippen LogP contribution in [0.4, 0.5) is 0 Å². The standard InChI is InChI=1S/C14H24N4O.ClH/c1-14(2,3)12-9-11(17(4)16-12)13(19)18-7-5-10(15)6-8-18;/h9-10H,5-8,15H2,1-4H3;1H. The van der Waals surface area contributed by atoms with Crippen LogP contribution in [0.5, 0.6) is 0 Å². The zero-order valence-electron chi connectivity index (χ0n) is 12.7. The minimum absolute atomic E-state index is 0. The number of hydrogen-bond donors (Lipinski definition) is 1. The van der Waals surface area contributed by atoms with Crippen LogP contribution in [0.1, 0.15) is 49.8 Å². The smallest absolute Gasteiger partial charge is 0.272 e. The van der Waals surface area contributed by atoms with Crippen molar-refractivity contribution in [2.45, 2.75) is 45.1 Å². The van der Waals surface area contributed by atoms with Crippen molar-refractivity contribution < 1.29 is 4.79 Å². The summed E-state index contributed by atoms with van der Waals surface area (Å²) in [6.45, 7) is 7.79. The van der Waals surface area contributed by atoms with E-state index >= 15 is 0 Å². The molecule has 1 fully saturated rings. The van der Waals surface area contributed by atoms with Crippen molar-refractivity contribution in [2.75, 3.05) is 13.1 Å². The van der Waals surface area contributed by atoms with Crippen LogP contribution in [0.25, 0.3) is 0 Å².